The molecule has 0 radical (unpaired) electrons. The molecule has 0 bridgehead atoms. The summed E-state index contributed by atoms with van der Waals surface area (Å²) in [7, 11) is 0. The van der Waals surface area contributed by atoms with E-state index in [1.165, 1.54) is 13.0 Å². The Morgan fingerprint density at radius 1 is 0.791 bits per heavy atom. The molecule has 0 unspecified atom stereocenters. The van der Waals surface area contributed by atoms with Crippen LogP contribution in [-0.2, 0) is 14.2 Å². The van der Waals surface area contributed by atoms with Gasteiger partial charge >= 0.3 is 0 Å². The van der Waals surface area contributed by atoms with Gasteiger partial charge in [0.1, 0.15) is 59.1 Å². The van der Waals surface area contributed by atoms with Crippen LogP contribution in [0.5, 0.6) is 28.7 Å². The summed E-state index contributed by atoms with van der Waals surface area (Å²) in [4.78, 5) is 13.7. The molecule has 2 fully saturated rings. The molecule has 5 rings (SSSR count). The van der Waals surface area contributed by atoms with E-state index in [0.717, 1.165) is 24.3 Å². The molecule has 2 aliphatic heterocycles. The van der Waals surface area contributed by atoms with Gasteiger partial charge in [-0.3, -0.25) is 4.79 Å². The second-order valence-electron chi connectivity index (χ2n) is 10.2. The number of fused-ring (bicyclic) bond motifs is 1. The van der Waals surface area contributed by atoms with Crippen LogP contribution < -0.4 is 10.2 Å². The van der Waals surface area contributed by atoms with E-state index < -0.39 is 108 Å². The quantitative estimate of drug-likeness (QED) is 0.140. The first-order valence-corrected chi connectivity index (χ1v) is 13.0. The smallest absolute Gasteiger partial charge is 0.239 e. The van der Waals surface area contributed by atoms with Crippen LogP contribution in [0.1, 0.15) is 6.92 Å². The molecule has 2 aliphatic rings. The molecular weight excluding hydrogens is 580 g/mol. The fourth-order valence-electron chi connectivity index (χ4n) is 4.92. The summed E-state index contributed by atoms with van der Waals surface area (Å²) in [5, 5.41) is 101. The summed E-state index contributed by atoms with van der Waals surface area (Å²) in [5.74, 6) is -3.29. The van der Waals surface area contributed by atoms with Gasteiger partial charge in [-0.2, -0.15) is 0 Å². The van der Waals surface area contributed by atoms with E-state index in [9.17, 15) is 55.9 Å². The van der Waals surface area contributed by atoms with Crippen molar-refractivity contribution in [1.29, 1.82) is 0 Å². The zero-order valence-electron chi connectivity index (χ0n) is 22.3. The molecule has 2 saturated heterocycles. The van der Waals surface area contributed by atoms with Crippen LogP contribution >= 0.6 is 0 Å². The zero-order valence-corrected chi connectivity index (χ0v) is 22.3. The van der Waals surface area contributed by atoms with Gasteiger partial charge in [-0.05, 0) is 25.1 Å². The highest BCUT2D eigenvalue weighted by molar-refractivity contribution is 5.88. The third kappa shape index (κ3) is 5.55. The standard InChI is InChI=1S/C27H30O16/c1-8-17(33)21(37)25(43-26-22(38)20(36)18(34)15(7-28)41-26)27(39-8)42-24-19(35)16-13(32)5-10(29)6-14(16)40-23(24)9-2-3-11(30)12(31)4-9/h2-6,8,15,17-18,20-22,25-34,36-38H,7H2,1H3/t8-,15+,17-,18+,20-,21+,22+,25+,26-,27-/m0/s1. The summed E-state index contributed by atoms with van der Waals surface area (Å²) in [6, 6.07) is 5.27. The average Bonchev–Trinajstić information content (AvgIpc) is 2.96. The van der Waals surface area contributed by atoms with E-state index in [2.05, 4.69) is 0 Å². The Labute approximate surface area is 241 Å². The number of phenolic OH excluding ortho intramolecular Hbond substituents is 4. The van der Waals surface area contributed by atoms with Crippen LogP contribution in [0.3, 0.4) is 0 Å². The maximum Gasteiger partial charge on any atom is 0.239 e. The number of rotatable bonds is 6. The van der Waals surface area contributed by atoms with Crippen molar-refractivity contribution in [2.45, 2.75) is 68.3 Å². The van der Waals surface area contributed by atoms with E-state index in [1.54, 1.807) is 0 Å². The highest BCUT2D eigenvalue weighted by Crippen LogP contribution is 2.40. The Bertz CT molecular complexity index is 1540. The Morgan fingerprint density at radius 2 is 1.51 bits per heavy atom. The summed E-state index contributed by atoms with van der Waals surface area (Å²) >= 11 is 0. The van der Waals surface area contributed by atoms with Crippen LogP contribution in [-0.4, -0.2) is 119 Å². The van der Waals surface area contributed by atoms with Gasteiger partial charge in [0.05, 0.1) is 12.7 Å². The van der Waals surface area contributed by atoms with Crippen molar-refractivity contribution in [2.75, 3.05) is 6.61 Å². The average molecular weight is 611 g/mol. The first-order chi connectivity index (χ1) is 20.3. The molecule has 0 spiro atoms. The van der Waals surface area contributed by atoms with Crippen molar-refractivity contribution in [1.82, 2.24) is 0 Å². The summed E-state index contributed by atoms with van der Waals surface area (Å²) in [5.41, 5.74) is -1.33. The maximum atomic E-state index is 13.7. The molecular formula is C27H30O16. The number of aliphatic hydroxyl groups is 6. The van der Waals surface area contributed by atoms with Crippen LogP contribution in [0, 0.1) is 0 Å². The largest absolute Gasteiger partial charge is 0.508 e. The molecule has 0 saturated carbocycles. The Kier molecular flexibility index (Phi) is 8.41. The molecule has 43 heavy (non-hydrogen) atoms. The van der Waals surface area contributed by atoms with Gasteiger partial charge < -0.3 is 74.4 Å². The summed E-state index contributed by atoms with van der Waals surface area (Å²) < 4.78 is 28.3. The third-order valence-electron chi connectivity index (χ3n) is 7.31. The minimum absolute atomic E-state index is 0.0250. The third-order valence-corrected chi connectivity index (χ3v) is 7.31. The lowest BCUT2D eigenvalue weighted by Gasteiger charge is -2.45. The molecule has 10 N–H and O–H groups in total. The molecule has 0 amide bonds. The normalized spacial score (nSPS) is 33.0. The van der Waals surface area contributed by atoms with Crippen molar-refractivity contribution in [3.63, 3.8) is 0 Å². The van der Waals surface area contributed by atoms with Crippen molar-refractivity contribution in [3.8, 4) is 40.1 Å². The van der Waals surface area contributed by atoms with Crippen molar-refractivity contribution >= 4 is 11.0 Å². The van der Waals surface area contributed by atoms with Gasteiger partial charge in [0, 0.05) is 17.7 Å². The second-order valence-corrected chi connectivity index (χ2v) is 10.2. The van der Waals surface area contributed by atoms with E-state index >= 15 is 0 Å². The molecule has 10 atom stereocenters. The Morgan fingerprint density at radius 3 is 2.19 bits per heavy atom. The van der Waals surface area contributed by atoms with Gasteiger partial charge in [0.25, 0.3) is 0 Å². The molecule has 3 aromatic rings. The molecule has 234 valence electrons. The molecule has 1 aromatic heterocycles. The number of phenols is 4. The fourth-order valence-corrected chi connectivity index (χ4v) is 4.92. The monoisotopic (exact) mass is 610 g/mol. The molecule has 16 nitrogen and oxygen atoms in total. The van der Waals surface area contributed by atoms with Crippen molar-refractivity contribution < 1.29 is 74.4 Å². The second kappa shape index (κ2) is 11.8. The lowest BCUT2D eigenvalue weighted by atomic mass is 9.97. The van der Waals surface area contributed by atoms with E-state index in [4.69, 9.17) is 23.4 Å². The number of aromatic hydroxyl groups is 4. The molecule has 2 aromatic carbocycles. The minimum Gasteiger partial charge on any atom is -0.508 e. The first-order valence-electron chi connectivity index (χ1n) is 13.0. The molecule has 0 aliphatic carbocycles. The van der Waals surface area contributed by atoms with Gasteiger partial charge in [-0.1, -0.05) is 0 Å². The van der Waals surface area contributed by atoms with Gasteiger partial charge in [0.15, 0.2) is 29.7 Å². The van der Waals surface area contributed by atoms with Crippen LogP contribution in [0.2, 0.25) is 0 Å². The van der Waals surface area contributed by atoms with Gasteiger partial charge in [-0.15, -0.1) is 0 Å². The first kappa shape index (κ1) is 30.7. The van der Waals surface area contributed by atoms with Crippen molar-refractivity contribution in [3.05, 3.63) is 40.6 Å². The predicted molar refractivity (Wildman–Crippen MR) is 140 cm³/mol. The van der Waals surface area contributed by atoms with E-state index in [1.807, 2.05) is 0 Å². The number of ether oxygens (including phenoxy) is 4. The molecule has 16 heteroatoms. The Balaban J connectivity index is 1.60. The van der Waals surface area contributed by atoms with Gasteiger partial charge in [-0.25, -0.2) is 0 Å². The number of hydrogen-bond donors (Lipinski definition) is 10. The highest BCUT2D eigenvalue weighted by atomic mass is 16.8. The van der Waals surface area contributed by atoms with E-state index in [-0.39, 0.29) is 16.9 Å². The van der Waals surface area contributed by atoms with E-state index in [0.29, 0.717) is 0 Å². The lowest BCUT2D eigenvalue weighted by Crippen LogP contribution is -2.64. The van der Waals surface area contributed by atoms with Crippen LogP contribution in [0.4, 0.5) is 0 Å². The summed E-state index contributed by atoms with van der Waals surface area (Å²) in [6.45, 7) is 0.582. The molecule has 3 heterocycles. The van der Waals surface area contributed by atoms with Gasteiger partial charge in [0.2, 0.25) is 17.5 Å². The predicted octanol–water partition coefficient (Wildman–Crippen LogP) is -1.69. The highest BCUT2D eigenvalue weighted by Gasteiger charge is 2.51. The zero-order chi connectivity index (χ0) is 31.3. The van der Waals surface area contributed by atoms with Crippen LogP contribution in [0.25, 0.3) is 22.3 Å². The number of hydrogen-bond acceptors (Lipinski definition) is 16. The summed E-state index contributed by atoms with van der Waals surface area (Å²) in [6.07, 6.45) is -16.8. The van der Waals surface area contributed by atoms with Crippen molar-refractivity contribution in [2.24, 2.45) is 0 Å². The van der Waals surface area contributed by atoms with Crippen LogP contribution in [0.15, 0.2) is 39.5 Å². The fraction of sp³-hybridized carbons (Fsp3) is 0.444. The number of benzene rings is 2. The SMILES string of the molecule is C[C@@H]1O[C@@H](Oc2c(-c3ccc(O)c(O)c3)oc3cc(O)cc(O)c3c2=O)[C@H](O[C@@H]2O[C@H](CO)[C@@H](O)[C@H](O)[C@H]2O)[C@H](O)[C@H]1O. The topological polar surface area (TPSA) is 269 Å². The lowest BCUT2D eigenvalue weighted by molar-refractivity contribution is -0.355. The Hall–Kier alpha value is -3.71. The maximum absolute atomic E-state index is 13.7. The number of aliphatic hydroxyl groups excluding tert-OH is 6. The minimum atomic E-state index is -1.91.